The van der Waals surface area contributed by atoms with E-state index in [0.29, 0.717) is 12.1 Å². The van der Waals surface area contributed by atoms with E-state index in [1.807, 2.05) is 18.2 Å². The van der Waals surface area contributed by atoms with E-state index in [1.165, 1.54) is 0 Å². The molecule has 0 spiro atoms. The molecule has 1 aromatic rings. The topological polar surface area (TPSA) is 92.4 Å². The summed E-state index contributed by atoms with van der Waals surface area (Å²) >= 11 is 0. The second-order valence-electron chi connectivity index (χ2n) is 3.37. The fourth-order valence-electron chi connectivity index (χ4n) is 1.27. The van der Waals surface area contributed by atoms with Gasteiger partial charge < -0.3 is 16.2 Å². The number of nitrogens with one attached hydrogen (secondary N) is 1. The van der Waals surface area contributed by atoms with Crippen LogP contribution in [-0.2, 0) is 16.0 Å². The highest BCUT2D eigenvalue weighted by atomic mass is 16.4. The van der Waals surface area contributed by atoms with E-state index < -0.39 is 5.97 Å². The van der Waals surface area contributed by atoms with Crippen LogP contribution in [0.5, 0.6) is 0 Å². The van der Waals surface area contributed by atoms with Crippen molar-refractivity contribution in [2.45, 2.75) is 12.8 Å². The molecule has 0 bridgehead atoms. The minimum atomic E-state index is -1.05. The van der Waals surface area contributed by atoms with Gasteiger partial charge in [-0.25, -0.2) is 0 Å². The number of amides is 1. The molecule has 0 saturated heterocycles. The van der Waals surface area contributed by atoms with Crippen molar-refractivity contribution < 1.29 is 14.7 Å². The van der Waals surface area contributed by atoms with Crippen molar-refractivity contribution in [2.75, 3.05) is 12.3 Å². The van der Waals surface area contributed by atoms with Gasteiger partial charge in [0.05, 0.1) is 0 Å². The van der Waals surface area contributed by atoms with Crippen LogP contribution < -0.4 is 11.1 Å². The minimum Gasteiger partial charge on any atom is -0.480 e. The summed E-state index contributed by atoms with van der Waals surface area (Å²) in [6.07, 6.45) is 0.750. The Morgan fingerprint density at radius 3 is 2.62 bits per heavy atom. The Hall–Kier alpha value is -2.04. The lowest BCUT2D eigenvalue weighted by molar-refractivity contribution is -0.137. The number of anilines is 1. The lowest BCUT2D eigenvalue weighted by atomic mass is 10.1. The number of rotatable bonds is 5. The van der Waals surface area contributed by atoms with Crippen LogP contribution in [0.15, 0.2) is 24.3 Å². The summed E-state index contributed by atoms with van der Waals surface area (Å²) in [7, 11) is 0. The number of nitrogens with two attached hydrogens (primary N) is 1. The van der Waals surface area contributed by atoms with E-state index >= 15 is 0 Å². The van der Waals surface area contributed by atoms with E-state index in [-0.39, 0.29) is 18.9 Å². The summed E-state index contributed by atoms with van der Waals surface area (Å²) in [6.45, 7) is -0.344. The third-order valence-corrected chi connectivity index (χ3v) is 2.11. The number of carboxylic acids is 1. The first-order valence-corrected chi connectivity index (χ1v) is 4.91. The smallest absolute Gasteiger partial charge is 0.322 e. The molecule has 16 heavy (non-hydrogen) atoms. The van der Waals surface area contributed by atoms with Gasteiger partial charge >= 0.3 is 5.97 Å². The number of nitrogen functional groups attached to an aromatic ring is 1. The molecule has 1 rings (SSSR count). The average Bonchev–Trinajstić information content (AvgIpc) is 2.25. The number of para-hydroxylation sites is 1. The van der Waals surface area contributed by atoms with Crippen molar-refractivity contribution in [3.05, 3.63) is 29.8 Å². The van der Waals surface area contributed by atoms with Crippen molar-refractivity contribution in [1.29, 1.82) is 0 Å². The fraction of sp³-hybridized carbons (Fsp3) is 0.273. The molecule has 0 aliphatic carbocycles. The quantitative estimate of drug-likeness (QED) is 0.629. The predicted molar refractivity (Wildman–Crippen MR) is 59.8 cm³/mol. The van der Waals surface area contributed by atoms with Crippen LogP contribution in [-0.4, -0.2) is 23.5 Å². The average molecular weight is 222 g/mol. The normalized spacial score (nSPS) is 9.75. The van der Waals surface area contributed by atoms with Gasteiger partial charge in [0, 0.05) is 12.1 Å². The lowest BCUT2D eigenvalue weighted by Gasteiger charge is -2.05. The van der Waals surface area contributed by atoms with E-state index in [9.17, 15) is 9.59 Å². The molecule has 0 atom stereocenters. The first-order chi connectivity index (χ1) is 7.59. The van der Waals surface area contributed by atoms with Gasteiger partial charge in [-0.3, -0.25) is 9.59 Å². The van der Waals surface area contributed by atoms with Crippen molar-refractivity contribution >= 4 is 17.6 Å². The molecule has 4 N–H and O–H groups in total. The monoisotopic (exact) mass is 222 g/mol. The zero-order chi connectivity index (χ0) is 12.0. The molecule has 0 aliphatic rings. The SMILES string of the molecule is Nc1ccccc1CCC(=O)NCC(=O)O. The molecule has 5 heteroatoms. The molecule has 5 nitrogen and oxygen atoms in total. The van der Waals surface area contributed by atoms with Gasteiger partial charge in [-0.15, -0.1) is 0 Å². The summed E-state index contributed by atoms with van der Waals surface area (Å²) in [6, 6.07) is 7.29. The molecule has 1 aromatic carbocycles. The Morgan fingerprint density at radius 1 is 1.31 bits per heavy atom. The Labute approximate surface area is 93.3 Å². The van der Waals surface area contributed by atoms with Crippen molar-refractivity contribution in [1.82, 2.24) is 5.32 Å². The fourth-order valence-corrected chi connectivity index (χ4v) is 1.27. The number of benzene rings is 1. The van der Waals surface area contributed by atoms with Crippen molar-refractivity contribution in [3.8, 4) is 0 Å². The van der Waals surface area contributed by atoms with Gasteiger partial charge in [-0.2, -0.15) is 0 Å². The van der Waals surface area contributed by atoms with Gasteiger partial charge in [0.25, 0.3) is 0 Å². The molecule has 0 saturated carbocycles. The molecule has 1 amide bonds. The highest BCUT2D eigenvalue weighted by Crippen LogP contribution is 2.12. The van der Waals surface area contributed by atoms with E-state index in [2.05, 4.69) is 5.32 Å². The Kier molecular flexibility index (Phi) is 4.32. The Morgan fingerprint density at radius 2 is 2.00 bits per heavy atom. The molecular formula is C11H14N2O3. The first kappa shape index (κ1) is 12.0. The predicted octanol–water partition coefficient (Wildman–Crippen LogP) is 0.402. The standard InChI is InChI=1S/C11H14N2O3/c12-9-4-2-1-3-8(9)5-6-10(14)13-7-11(15)16/h1-4H,5-7,12H2,(H,13,14)(H,15,16). The number of carboxylic acid groups (broad SMARTS) is 1. The van der Waals surface area contributed by atoms with Crippen LogP contribution in [0.1, 0.15) is 12.0 Å². The molecule has 0 unspecified atom stereocenters. The summed E-state index contributed by atoms with van der Waals surface area (Å²) < 4.78 is 0. The summed E-state index contributed by atoms with van der Waals surface area (Å²) in [4.78, 5) is 21.4. The van der Waals surface area contributed by atoms with Gasteiger partial charge in [0.1, 0.15) is 6.54 Å². The minimum absolute atomic E-state index is 0.238. The summed E-state index contributed by atoms with van der Waals surface area (Å²) in [5.41, 5.74) is 7.25. The maximum absolute atomic E-state index is 11.2. The molecule has 0 radical (unpaired) electrons. The number of carbonyl (C=O) groups excluding carboxylic acids is 1. The number of aliphatic carboxylic acids is 1. The molecule has 0 aromatic heterocycles. The number of aryl methyl sites for hydroxylation is 1. The third kappa shape index (κ3) is 4.00. The van der Waals surface area contributed by atoms with E-state index in [0.717, 1.165) is 5.56 Å². The van der Waals surface area contributed by atoms with Gasteiger partial charge in [0.15, 0.2) is 0 Å². The first-order valence-electron chi connectivity index (χ1n) is 4.91. The second kappa shape index (κ2) is 5.75. The molecule has 0 aliphatic heterocycles. The molecule has 0 fully saturated rings. The highest BCUT2D eigenvalue weighted by Gasteiger charge is 2.05. The van der Waals surface area contributed by atoms with E-state index in [4.69, 9.17) is 10.8 Å². The van der Waals surface area contributed by atoms with Gasteiger partial charge in [0.2, 0.25) is 5.91 Å². The summed E-state index contributed by atoms with van der Waals surface area (Å²) in [5, 5.41) is 10.6. The van der Waals surface area contributed by atoms with Crippen LogP contribution in [0.3, 0.4) is 0 Å². The zero-order valence-electron chi connectivity index (χ0n) is 8.77. The van der Waals surface area contributed by atoms with Gasteiger partial charge in [-0.05, 0) is 18.1 Å². The van der Waals surface area contributed by atoms with E-state index in [1.54, 1.807) is 6.07 Å². The van der Waals surface area contributed by atoms with Crippen LogP contribution in [0, 0.1) is 0 Å². The van der Waals surface area contributed by atoms with Gasteiger partial charge in [-0.1, -0.05) is 18.2 Å². The number of hydrogen-bond donors (Lipinski definition) is 3. The second-order valence-corrected chi connectivity index (χ2v) is 3.37. The largest absolute Gasteiger partial charge is 0.480 e. The maximum Gasteiger partial charge on any atom is 0.322 e. The molecule has 0 heterocycles. The van der Waals surface area contributed by atoms with Crippen LogP contribution >= 0.6 is 0 Å². The maximum atomic E-state index is 11.2. The summed E-state index contributed by atoms with van der Waals surface area (Å²) in [5.74, 6) is -1.33. The Balaban J connectivity index is 2.37. The Bertz CT molecular complexity index is 391. The molecule has 86 valence electrons. The lowest BCUT2D eigenvalue weighted by Crippen LogP contribution is -2.29. The van der Waals surface area contributed by atoms with Crippen LogP contribution in [0.25, 0.3) is 0 Å². The van der Waals surface area contributed by atoms with Crippen molar-refractivity contribution in [2.24, 2.45) is 0 Å². The van der Waals surface area contributed by atoms with Crippen molar-refractivity contribution in [3.63, 3.8) is 0 Å². The van der Waals surface area contributed by atoms with Crippen LogP contribution in [0.4, 0.5) is 5.69 Å². The number of carbonyl (C=O) groups is 2. The highest BCUT2D eigenvalue weighted by molar-refractivity contribution is 5.81. The zero-order valence-corrected chi connectivity index (χ0v) is 8.77. The van der Waals surface area contributed by atoms with Crippen LogP contribution in [0.2, 0.25) is 0 Å². The third-order valence-electron chi connectivity index (χ3n) is 2.11. The molecular weight excluding hydrogens is 208 g/mol. The number of hydrogen-bond acceptors (Lipinski definition) is 3.